The summed E-state index contributed by atoms with van der Waals surface area (Å²) in [4.78, 5) is 4.78. The fourth-order valence-corrected chi connectivity index (χ4v) is 2.72. The first-order valence-corrected chi connectivity index (χ1v) is 6.39. The topological polar surface area (TPSA) is 97.3 Å². The fourth-order valence-electron chi connectivity index (χ4n) is 1.37. The first-order valence-electron chi connectivity index (χ1n) is 4.90. The predicted octanol–water partition coefficient (Wildman–Crippen LogP) is 0.781. The van der Waals surface area contributed by atoms with E-state index in [1.165, 1.54) is 0 Å². The summed E-state index contributed by atoms with van der Waals surface area (Å²) in [6, 6.07) is 0. The van der Waals surface area contributed by atoms with Crippen LogP contribution in [0.4, 0.5) is 8.78 Å². The highest BCUT2D eigenvalue weighted by Crippen LogP contribution is 2.37. The van der Waals surface area contributed by atoms with Crippen LogP contribution in [0.15, 0.2) is 11.4 Å². The standard InChI is InChI=1S/C8H10F2N4O3S/c1-7(2)3-6(13-17-7)18(15,16)8(9,10)5-4-11-14-12-5/h4H,3H2,1-2H3,(H,11,12,14). The second-order valence-corrected chi connectivity index (χ2v) is 6.38. The van der Waals surface area contributed by atoms with Crippen molar-refractivity contribution in [1.82, 2.24) is 15.4 Å². The molecule has 0 aliphatic carbocycles. The number of aromatic nitrogens is 3. The highest BCUT2D eigenvalue weighted by Gasteiger charge is 2.54. The van der Waals surface area contributed by atoms with Gasteiger partial charge in [-0.05, 0) is 13.8 Å². The summed E-state index contributed by atoms with van der Waals surface area (Å²) in [6.45, 7) is 3.10. The summed E-state index contributed by atoms with van der Waals surface area (Å²) in [5, 5.41) is 6.55. The van der Waals surface area contributed by atoms with Gasteiger partial charge in [0, 0.05) is 6.42 Å². The van der Waals surface area contributed by atoms with Gasteiger partial charge in [0.25, 0.3) is 9.84 Å². The van der Waals surface area contributed by atoms with Gasteiger partial charge in [-0.3, -0.25) is 0 Å². The number of sulfone groups is 1. The summed E-state index contributed by atoms with van der Waals surface area (Å²) in [6.07, 6.45) is 0.432. The van der Waals surface area contributed by atoms with Crippen LogP contribution < -0.4 is 0 Å². The summed E-state index contributed by atoms with van der Waals surface area (Å²) in [5.74, 6) is 0. The minimum Gasteiger partial charge on any atom is -0.389 e. The first kappa shape index (κ1) is 12.9. The Hall–Kier alpha value is -1.58. The lowest BCUT2D eigenvalue weighted by Crippen LogP contribution is -2.34. The molecule has 0 aromatic carbocycles. The molecule has 1 N–H and O–H groups in total. The maximum Gasteiger partial charge on any atom is 0.396 e. The van der Waals surface area contributed by atoms with E-state index in [1.807, 2.05) is 5.21 Å². The van der Waals surface area contributed by atoms with E-state index in [0.29, 0.717) is 6.20 Å². The van der Waals surface area contributed by atoms with Crippen LogP contribution in [0.2, 0.25) is 0 Å². The quantitative estimate of drug-likeness (QED) is 0.863. The zero-order valence-electron chi connectivity index (χ0n) is 9.52. The lowest BCUT2D eigenvalue weighted by Gasteiger charge is -2.15. The van der Waals surface area contributed by atoms with E-state index in [2.05, 4.69) is 15.4 Å². The van der Waals surface area contributed by atoms with Gasteiger partial charge < -0.3 is 4.84 Å². The smallest absolute Gasteiger partial charge is 0.389 e. The van der Waals surface area contributed by atoms with Crippen molar-refractivity contribution in [2.75, 3.05) is 0 Å². The van der Waals surface area contributed by atoms with E-state index < -0.39 is 31.4 Å². The highest BCUT2D eigenvalue weighted by molar-refractivity contribution is 8.06. The Morgan fingerprint density at radius 2 is 2.17 bits per heavy atom. The Morgan fingerprint density at radius 3 is 2.61 bits per heavy atom. The Bertz CT molecular complexity index is 579. The number of alkyl halides is 2. The molecule has 0 spiro atoms. The van der Waals surface area contributed by atoms with Crippen LogP contribution >= 0.6 is 0 Å². The van der Waals surface area contributed by atoms with Crippen molar-refractivity contribution in [2.45, 2.75) is 31.1 Å². The average molecular weight is 280 g/mol. The molecule has 18 heavy (non-hydrogen) atoms. The molecule has 0 radical (unpaired) electrons. The fraction of sp³-hybridized carbons (Fsp3) is 0.625. The molecule has 10 heteroatoms. The number of hydrogen-bond acceptors (Lipinski definition) is 6. The van der Waals surface area contributed by atoms with E-state index in [1.54, 1.807) is 13.8 Å². The van der Waals surface area contributed by atoms with E-state index in [0.717, 1.165) is 0 Å². The van der Waals surface area contributed by atoms with Gasteiger partial charge >= 0.3 is 5.25 Å². The third-order valence-electron chi connectivity index (χ3n) is 2.33. The Kier molecular flexibility index (Phi) is 2.65. The second-order valence-electron chi connectivity index (χ2n) is 4.39. The lowest BCUT2D eigenvalue weighted by atomic mass is 10.1. The molecular formula is C8H10F2N4O3S. The van der Waals surface area contributed by atoms with E-state index >= 15 is 0 Å². The number of aromatic amines is 1. The minimum absolute atomic E-state index is 0.219. The largest absolute Gasteiger partial charge is 0.396 e. The van der Waals surface area contributed by atoms with E-state index in [9.17, 15) is 17.2 Å². The molecule has 2 rings (SSSR count). The molecule has 0 atom stereocenters. The number of nitrogens with one attached hydrogen (secondary N) is 1. The third-order valence-corrected chi connectivity index (χ3v) is 4.06. The molecule has 1 aromatic rings. The monoisotopic (exact) mass is 280 g/mol. The zero-order chi connectivity index (χ0) is 13.6. The van der Waals surface area contributed by atoms with Crippen LogP contribution in [0.25, 0.3) is 0 Å². The van der Waals surface area contributed by atoms with Crippen molar-refractivity contribution in [3.05, 3.63) is 11.9 Å². The first-order chi connectivity index (χ1) is 8.17. The summed E-state index contributed by atoms with van der Waals surface area (Å²) in [5.41, 5.74) is -1.89. The molecule has 0 saturated heterocycles. The van der Waals surface area contributed by atoms with Crippen molar-refractivity contribution < 1.29 is 22.0 Å². The molecule has 2 heterocycles. The Balaban J connectivity index is 2.39. The summed E-state index contributed by atoms with van der Waals surface area (Å²) < 4.78 is 51.2. The third kappa shape index (κ3) is 1.85. The van der Waals surface area contributed by atoms with Crippen LogP contribution in [0, 0.1) is 0 Å². The normalized spacial score (nSPS) is 19.4. The molecule has 100 valence electrons. The van der Waals surface area contributed by atoms with Gasteiger partial charge in [-0.2, -0.15) is 24.2 Å². The number of H-pyrrole nitrogens is 1. The SMILES string of the molecule is CC1(C)CC(S(=O)(=O)C(F)(F)c2cn[nH]n2)=NO1. The number of hydrogen-bond donors (Lipinski definition) is 1. The van der Waals surface area contributed by atoms with Gasteiger partial charge in [0.1, 0.15) is 5.60 Å². The molecule has 0 unspecified atom stereocenters. The summed E-state index contributed by atoms with van der Waals surface area (Å²) >= 11 is 0. The van der Waals surface area contributed by atoms with Gasteiger partial charge in [0.2, 0.25) is 0 Å². The van der Waals surface area contributed by atoms with Crippen LogP contribution in [-0.4, -0.2) is 34.5 Å². The molecule has 1 aliphatic heterocycles. The van der Waals surface area contributed by atoms with Crippen molar-refractivity contribution >= 4 is 14.9 Å². The van der Waals surface area contributed by atoms with Crippen LogP contribution in [-0.2, 0) is 19.9 Å². The second kappa shape index (κ2) is 3.70. The van der Waals surface area contributed by atoms with Gasteiger partial charge in [-0.25, -0.2) is 8.42 Å². The summed E-state index contributed by atoms with van der Waals surface area (Å²) in [7, 11) is -4.96. The number of halogens is 2. The maximum absolute atomic E-state index is 13.8. The number of oxime groups is 1. The molecule has 0 amide bonds. The van der Waals surface area contributed by atoms with Gasteiger partial charge in [-0.15, -0.1) is 0 Å². The molecule has 0 saturated carbocycles. The van der Waals surface area contributed by atoms with Crippen molar-refractivity contribution in [2.24, 2.45) is 5.16 Å². The Morgan fingerprint density at radius 1 is 1.50 bits per heavy atom. The van der Waals surface area contributed by atoms with Gasteiger partial charge in [-0.1, -0.05) is 5.16 Å². The minimum atomic E-state index is -4.96. The molecule has 0 fully saturated rings. The van der Waals surface area contributed by atoms with Crippen LogP contribution in [0.5, 0.6) is 0 Å². The Labute approximate surface area is 101 Å². The van der Waals surface area contributed by atoms with Crippen molar-refractivity contribution in [3.63, 3.8) is 0 Å². The number of nitrogens with zero attached hydrogens (tertiary/aromatic N) is 3. The van der Waals surface area contributed by atoms with Crippen LogP contribution in [0.3, 0.4) is 0 Å². The van der Waals surface area contributed by atoms with Crippen LogP contribution in [0.1, 0.15) is 26.0 Å². The van der Waals surface area contributed by atoms with Gasteiger partial charge in [0.05, 0.1) is 6.20 Å². The molecule has 1 aromatic heterocycles. The predicted molar refractivity (Wildman–Crippen MR) is 56.4 cm³/mol. The lowest BCUT2D eigenvalue weighted by molar-refractivity contribution is 0.0123. The highest BCUT2D eigenvalue weighted by atomic mass is 32.2. The number of rotatable bonds is 2. The van der Waals surface area contributed by atoms with E-state index in [4.69, 9.17) is 4.84 Å². The van der Waals surface area contributed by atoms with Crippen molar-refractivity contribution in [3.8, 4) is 0 Å². The molecule has 7 nitrogen and oxygen atoms in total. The van der Waals surface area contributed by atoms with Crippen molar-refractivity contribution in [1.29, 1.82) is 0 Å². The van der Waals surface area contributed by atoms with Gasteiger partial charge in [0.15, 0.2) is 10.7 Å². The molecule has 1 aliphatic rings. The average Bonchev–Trinajstić information content (AvgIpc) is 2.86. The zero-order valence-corrected chi connectivity index (χ0v) is 10.3. The molecular weight excluding hydrogens is 270 g/mol. The van der Waals surface area contributed by atoms with E-state index in [-0.39, 0.29) is 6.42 Å². The maximum atomic E-state index is 13.8. The molecule has 0 bridgehead atoms.